The summed E-state index contributed by atoms with van der Waals surface area (Å²) in [4.78, 5) is 18.6. The van der Waals surface area contributed by atoms with Crippen molar-refractivity contribution in [2.45, 2.75) is 38.6 Å². The molecule has 3 aromatic rings. The van der Waals surface area contributed by atoms with Gasteiger partial charge in [-0.3, -0.25) is 14.6 Å². The second-order valence-electron chi connectivity index (χ2n) is 7.60. The van der Waals surface area contributed by atoms with Crippen LogP contribution in [0, 0.1) is 5.92 Å². The van der Waals surface area contributed by atoms with Crippen molar-refractivity contribution in [2.75, 3.05) is 13.1 Å². The molecule has 2 aromatic heterocycles. The Bertz CT molecular complexity index is 881. The van der Waals surface area contributed by atoms with E-state index in [-0.39, 0.29) is 11.8 Å². The Balaban J connectivity index is 1.30. The first-order valence-corrected chi connectivity index (χ1v) is 9.88. The minimum atomic E-state index is -0.0962. The van der Waals surface area contributed by atoms with Crippen molar-refractivity contribution in [1.82, 2.24) is 29.9 Å². The summed E-state index contributed by atoms with van der Waals surface area (Å²) in [7, 11) is 0. The highest BCUT2D eigenvalue weighted by molar-refractivity contribution is 5.78. The van der Waals surface area contributed by atoms with Gasteiger partial charge in [0.2, 0.25) is 5.91 Å². The summed E-state index contributed by atoms with van der Waals surface area (Å²) >= 11 is 0. The van der Waals surface area contributed by atoms with Crippen LogP contribution in [-0.2, 0) is 17.8 Å². The Kier molecular flexibility index (Phi) is 5.50. The van der Waals surface area contributed by atoms with E-state index < -0.39 is 0 Å². The number of carbonyl (C=O) groups is 1. The Hall–Kier alpha value is -2.96. The zero-order valence-electron chi connectivity index (χ0n) is 16.2. The second-order valence-corrected chi connectivity index (χ2v) is 7.60. The molecule has 146 valence electrons. The number of rotatable bonds is 6. The van der Waals surface area contributed by atoms with Crippen molar-refractivity contribution in [2.24, 2.45) is 5.92 Å². The van der Waals surface area contributed by atoms with Gasteiger partial charge in [-0.1, -0.05) is 37.3 Å². The molecule has 1 N–H and O–H groups in total. The Morgan fingerprint density at radius 2 is 2.04 bits per heavy atom. The lowest BCUT2D eigenvalue weighted by Crippen LogP contribution is -2.41. The van der Waals surface area contributed by atoms with Crippen LogP contribution in [0.25, 0.3) is 0 Å². The Morgan fingerprint density at radius 1 is 1.25 bits per heavy atom. The van der Waals surface area contributed by atoms with Crippen LogP contribution in [0.2, 0.25) is 0 Å². The van der Waals surface area contributed by atoms with Gasteiger partial charge < -0.3 is 4.90 Å². The minimum absolute atomic E-state index is 0.0962. The van der Waals surface area contributed by atoms with Gasteiger partial charge in [0.1, 0.15) is 12.7 Å². The van der Waals surface area contributed by atoms with Gasteiger partial charge in [0.05, 0.1) is 18.2 Å². The molecule has 7 heteroatoms. The summed E-state index contributed by atoms with van der Waals surface area (Å²) in [6.07, 6.45) is 5.93. The molecule has 1 fully saturated rings. The van der Waals surface area contributed by atoms with E-state index >= 15 is 0 Å². The van der Waals surface area contributed by atoms with Crippen LogP contribution in [0.4, 0.5) is 0 Å². The first-order valence-electron chi connectivity index (χ1n) is 9.88. The monoisotopic (exact) mass is 378 g/mol. The maximum absolute atomic E-state index is 12.7. The van der Waals surface area contributed by atoms with Crippen molar-refractivity contribution >= 4 is 5.91 Å². The van der Waals surface area contributed by atoms with Gasteiger partial charge in [-0.2, -0.15) is 10.2 Å². The molecular formula is C21H26N6O. The van der Waals surface area contributed by atoms with E-state index in [9.17, 15) is 4.79 Å². The van der Waals surface area contributed by atoms with Gasteiger partial charge in [0.25, 0.3) is 0 Å². The molecule has 0 spiro atoms. The third-order valence-corrected chi connectivity index (χ3v) is 5.46. The van der Waals surface area contributed by atoms with Crippen molar-refractivity contribution < 1.29 is 4.79 Å². The molecule has 0 unspecified atom stereocenters. The molecule has 28 heavy (non-hydrogen) atoms. The van der Waals surface area contributed by atoms with Crippen LogP contribution in [0.3, 0.4) is 0 Å². The average Bonchev–Trinajstić information content (AvgIpc) is 3.40. The maximum atomic E-state index is 12.7. The predicted molar refractivity (Wildman–Crippen MR) is 106 cm³/mol. The number of piperidine rings is 1. The molecule has 0 radical (unpaired) electrons. The number of nitrogens with one attached hydrogen (secondary N) is 1. The van der Waals surface area contributed by atoms with E-state index in [1.54, 1.807) is 11.0 Å². The van der Waals surface area contributed by atoms with Crippen LogP contribution in [0.5, 0.6) is 0 Å². The third kappa shape index (κ3) is 4.30. The van der Waals surface area contributed by atoms with Crippen LogP contribution in [0.1, 0.15) is 42.6 Å². The average molecular weight is 378 g/mol. The Morgan fingerprint density at radius 3 is 2.75 bits per heavy atom. The summed E-state index contributed by atoms with van der Waals surface area (Å²) in [5.41, 5.74) is 3.54. The molecule has 0 saturated carbocycles. The van der Waals surface area contributed by atoms with Crippen molar-refractivity contribution in [3.8, 4) is 0 Å². The SMILES string of the molecule is C[C@@H](Cn1cncn1)C(=O)N1CCC(c2cc(Cc3ccccc3)[nH]n2)CC1. The number of H-pyrrole nitrogens is 1. The van der Waals surface area contributed by atoms with Gasteiger partial charge in [0, 0.05) is 31.1 Å². The largest absolute Gasteiger partial charge is 0.342 e. The van der Waals surface area contributed by atoms with Crippen LogP contribution in [0.15, 0.2) is 49.1 Å². The van der Waals surface area contributed by atoms with E-state index in [1.165, 1.54) is 11.9 Å². The number of carbonyl (C=O) groups excluding carboxylic acids is 1. The number of nitrogens with zero attached hydrogens (tertiary/aromatic N) is 5. The number of hydrogen-bond acceptors (Lipinski definition) is 4. The number of likely N-dealkylation sites (tertiary alicyclic amines) is 1. The molecule has 1 aliphatic heterocycles. The highest BCUT2D eigenvalue weighted by Gasteiger charge is 2.28. The summed E-state index contributed by atoms with van der Waals surface area (Å²) in [6, 6.07) is 12.6. The normalized spacial score (nSPS) is 16.2. The fourth-order valence-corrected chi connectivity index (χ4v) is 3.89. The van der Waals surface area contributed by atoms with Crippen LogP contribution in [-0.4, -0.2) is 48.9 Å². The lowest BCUT2D eigenvalue weighted by atomic mass is 9.92. The number of benzene rings is 1. The third-order valence-electron chi connectivity index (χ3n) is 5.46. The summed E-state index contributed by atoms with van der Waals surface area (Å²) in [5, 5.41) is 11.8. The molecule has 1 aliphatic rings. The zero-order chi connectivity index (χ0) is 19.3. The first kappa shape index (κ1) is 18.4. The first-order chi connectivity index (χ1) is 13.7. The molecular weight excluding hydrogens is 352 g/mol. The van der Waals surface area contributed by atoms with Crippen molar-refractivity contribution in [3.63, 3.8) is 0 Å². The molecule has 1 amide bonds. The molecule has 4 rings (SSSR count). The van der Waals surface area contributed by atoms with E-state index in [0.29, 0.717) is 12.5 Å². The lowest BCUT2D eigenvalue weighted by Gasteiger charge is -2.33. The van der Waals surface area contributed by atoms with Crippen molar-refractivity contribution in [3.05, 3.63) is 66.0 Å². The standard InChI is InChI=1S/C21H26N6O/c1-16(13-27-15-22-14-23-27)21(28)26-9-7-18(8-10-26)20-12-19(24-25-20)11-17-5-3-2-4-6-17/h2-6,12,14-16,18H,7-11,13H2,1H3,(H,24,25)/t16-/m0/s1. The molecule has 0 bridgehead atoms. The van der Waals surface area contributed by atoms with E-state index in [4.69, 9.17) is 0 Å². The summed E-state index contributed by atoms with van der Waals surface area (Å²) in [6.45, 7) is 4.10. The number of aromatic amines is 1. The smallest absolute Gasteiger partial charge is 0.227 e. The van der Waals surface area contributed by atoms with Gasteiger partial charge in [-0.15, -0.1) is 0 Å². The quantitative estimate of drug-likeness (QED) is 0.715. The second kappa shape index (κ2) is 8.37. The molecule has 1 atom stereocenters. The Labute approximate surface area is 164 Å². The van der Waals surface area contributed by atoms with Crippen molar-refractivity contribution in [1.29, 1.82) is 0 Å². The number of hydrogen-bond donors (Lipinski definition) is 1. The topological polar surface area (TPSA) is 79.7 Å². The fraction of sp³-hybridized carbons (Fsp3) is 0.429. The van der Waals surface area contributed by atoms with E-state index in [0.717, 1.165) is 43.7 Å². The maximum Gasteiger partial charge on any atom is 0.227 e. The fourth-order valence-electron chi connectivity index (χ4n) is 3.89. The summed E-state index contributed by atoms with van der Waals surface area (Å²) < 4.78 is 1.72. The summed E-state index contributed by atoms with van der Waals surface area (Å²) in [5.74, 6) is 0.511. The minimum Gasteiger partial charge on any atom is -0.342 e. The molecule has 0 aliphatic carbocycles. The number of amides is 1. The zero-order valence-corrected chi connectivity index (χ0v) is 16.2. The van der Waals surface area contributed by atoms with E-state index in [1.807, 2.05) is 17.9 Å². The highest BCUT2D eigenvalue weighted by Crippen LogP contribution is 2.28. The molecule has 7 nitrogen and oxygen atoms in total. The lowest BCUT2D eigenvalue weighted by molar-refractivity contribution is -0.136. The van der Waals surface area contributed by atoms with E-state index in [2.05, 4.69) is 50.6 Å². The van der Waals surface area contributed by atoms with Gasteiger partial charge in [0.15, 0.2) is 0 Å². The van der Waals surface area contributed by atoms with Crippen LogP contribution >= 0.6 is 0 Å². The molecule has 1 aromatic carbocycles. The number of aromatic nitrogens is 5. The highest BCUT2D eigenvalue weighted by atomic mass is 16.2. The van der Waals surface area contributed by atoms with Gasteiger partial charge >= 0.3 is 0 Å². The molecule has 3 heterocycles. The molecule has 1 saturated heterocycles. The van der Waals surface area contributed by atoms with Gasteiger partial charge in [-0.05, 0) is 24.5 Å². The predicted octanol–water partition coefficient (Wildman–Crippen LogP) is 2.63. The van der Waals surface area contributed by atoms with Crippen LogP contribution < -0.4 is 0 Å². The van der Waals surface area contributed by atoms with Gasteiger partial charge in [-0.25, -0.2) is 4.98 Å².